The van der Waals surface area contributed by atoms with Crippen molar-refractivity contribution in [1.29, 1.82) is 0 Å². The van der Waals surface area contributed by atoms with Crippen LogP contribution in [-0.2, 0) is 13.1 Å². The Bertz CT molecular complexity index is 642. The molecule has 2 N–H and O–H groups in total. The molecule has 0 fully saturated rings. The summed E-state index contributed by atoms with van der Waals surface area (Å²) in [4.78, 5) is 12.5. The third-order valence-electron chi connectivity index (χ3n) is 3.01. The Balaban J connectivity index is 2.32. The highest BCUT2D eigenvalue weighted by atomic mass is 32.1. The van der Waals surface area contributed by atoms with Crippen molar-refractivity contribution in [2.45, 2.75) is 26.4 Å². The third-order valence-corrected chi connectivity index (χ3v) is 3.23. The highest BCUT2D eigenvalue weighted by molar-refractivity contribution is 7.80. The quantitative estimate of drug-likeness (QED) is 0.846. The van der Waals surface area contributed by atoms with Crippen LogP contribution in [0, 0.1) is 0 Å². The van der Waals surface area contributed by atoms with E-state index in [4.69, 9.17) is 18.0 Å². The van der Waals surface area contributed by atoms with Crippen LogP contribution in [0.3, 0.4) is 0 Å². The first-order valence-electron chi connectivity index (χ1n) is 6.26. The average molecular weight is 275 g/mol. The van der Waals surface area contributed by atoms with Crippen molar-refractivity contribution in [3.63, 3.8) is 0 Å². The molecule has 0 aliphatic carbocycles. The maximum atomic E-state index is 12.1. The second kappa shape index (κ2) is 5.84. The molecule has 0 saturated carbocycles. The SMILES string of the molecule is CCCn1ccn(Cc2ccccc2C(N)=S)c1=O. The monoisotopic (exact) mass is 275 g/mol. The molecule has 0 spiro atoms. The van der Waals surface area contributed by atoms with Crippen molar-refractivity contribution in [3.8, 4) is 0 Å². The average Bonchev–Trinajstić information content (AvgIpc) is 2.73. The van der Waals surface area contributed by atoms with Gasteiger partial charge in [0.15, 0.2) is 0 Å². The highest BCUT2D eigenvalue weighted by Gasteiger charge is 2.08. The van der Waals surface area contributed by atoms with Crippen LogP contribution < -0.4 is 11.4 Å². The molecular weight excluding hydrogens is 258 g/mol. The molecule has 0 aliphatic heterocycles. The van der Waals surface area contributed by atoms with Crippen LogP contribution in [0.15, 0.2) is 41.5 Å². The van der Waals surface area contributed by atoms with E-state index in [0.717, 1.165) is 24.1 Å². The number of aromatic nitrogens is 2. The van der Waals surface area contributed by atoms with Crippen molar-refractivity contribution in [2.24, 2.45) is 5.73 Å². The molecule has 5 heteroatoms. The van der Waals surface area contributed by atoms with Gasteiger partial charge in [0, 0.05) is 24.5 Å². The maximum Gasteiger partial charge on any atom is 0.328 e. The van der Waals surface area contributed by atoms with Crippen molar-refractivity contribution in [3.05, 3.63) is 58.3 Å². The summed E-state index contributed by atoms with van der Waals surface area (Å²) in [6.07, 6.45) is 4.55. The number of imidazole rings is 1. The van der Waals surface area contributed by atoms with Gasteiger partial charge in [0.2, 0.25) is 0 Å². The zero-order valence-corrected chi connectivity index (χ0v) is 11.7. The van der Waals surface area contributed by atoms with E-state index in [-0.39, 0.29) is 5.69 Å². The fourth-order valence-corrected chi connectivity index (χ4v) is 2.27. The predicted octanol–water partition coefficient (Wildman–Crippen LogP) is 1.74. The molecule has 0 saturated heterocycles. The van der Waals surface area contributed by atoms with Crippen LogP contribution in [0.25, 0.3) is 0 Å². The van der Waals surface area contributed by atoms with E-state index in [1.54, 1.807) is 15.3 Å². The normalized spacial score (nSPS) is 10.6. The second-order valence-electron chi connectivity index (χ2n) is 4.42. The lowest BCUT2D eigenvalue weighted by Crippen LogP contribution is -2.25. The summed E-state index contributed by atoms with van der Waals surface area (Å²) in [5.74, 6) is 0. The molecule has 0 bridgehead atoms. The van der Waals surface area contributed by atoms with Crippen molar-refractivity contribution in [1.82, 2.24) is 9.13 Å². The largest absolute Gasteiger partial charge is 0.389 e. The van der Waals surface area contributed by atoms with Crippen LogP contribution >= 0.6 is 12.2 Å². The van der Waals surface area contributed by atoms with Gasteiger partial charge in [0.05, 0.1) is 6.54 Å². The minimum Gasteiger partial charge on any atom is -0.389 e. The van der Waals surface area contributed by atoms with Crippen LogP contribution in [0.5, 0.6) is 0 Å². The molecule has 100 valence electrons. The summed E-state index contributed by atoms with van der Waals surface area (Å²) in [7, 11) is 0. The van der Waals surface area contributed by atoms with E-state index in [2.05, 4.69) is 0 Å². The van der Waals surface area contributed by atoms with Crippen LogP contribution in [0.4, 0.5) is 0 Å². The summed E-state index contributed by atoms with van der Waals surface area (Å²) < 4.78 is 3.39. The number of benzene rings is 1. The molecule has 19 heavy (non-hydrogen) atoms. The minimum absolute atomic E-state index is 0.000377. The summed E-state index contributed by atoms with van der Waals surface area (Å²) >= 11 is 5.03. The molecule has 2 rings (SSSR count). The smallest absolute Gasteiger partial charge is 0.328 e. The van der Waals surface area contributed by atoms with Gasteiger partial charge >= 0.3 is 5.69 Å². The molecule has 1 aromatic heterocycles. The molecule has 0 unspecified atom stereocenters. The number of thiocarbonyl (C=S) groups is 1. The number of hydrogen-bond acceptors (Lipinski definition) is 2. The van der Waals surface area contributed by atoms with E-state index < -0.39 is 0 Å². The zero-order chi connectivity index (χ0) is 13.8. The maximum absolute atomic E-state index is 12.1. The van der Waals surface area contributed by atoms with Gasteiger partial charge in [0.25, 0.3) is 0 Å². The van der Waals surface area contributed by atoms with E-state index in [1.807, 2.05) is 37.4 Å². The summed E-state index contributed by atoms with van der Waals surface area (Å²) in [6, 6.07) is 7.64. The Labute approximate surface area is 117 Å². The number of rotatable bonds is 5. The lowest BCUT2D eigenvalue weighted by molar-refractivity contribution is 0.624. The Morgan fingerprint density at radius 1 is 1.26 bits per heavy atom. The second-order valence-corrected chi connectivity index (χ2v) is 4.86. The Kier molecular flexibility index (Phi) is 4.16. The first kappa shape index (κ1) is 13.5. The fraction of sp³-hybridized carbons (Fsp3) is 0.286. The van der Waals surface area contributed by atoms with Gasteiger partial charge in [-0.25, -0.2) is 4.79 Å². The van der Waals surface area contributed by atoms with Crippen LogP contribution in [0.1, 0.15) is 24.5 Å². The van der Waals surface area contributed by atoms with E-state index in [1.165, 1.54) is 0 Å². The molecule has 0 radical (unpaired) electrons. The summed E-state index contributed by atoms with van der Waals surface area (Å²) in [6.45, 7) is 3.28. The highest BCUT2D eigenvalue weighted by Crippen LogP contribution is 2.09. The van der Waals surface area contributed by atoms with Gasteiger partial charge in [-0.3, -0.25) is 9.13 Å². The summed E-state index contributed by atoms with van der Waals surface area (Å²) in [5, 5.41) is 0. The molecule has 0 aliphatic rings. The van der Waals surface area contributed by atoms with Crippen LogP contribution in [-0.4, -0.2) is 14.1 Å². The van der Waals surface area contributed by atoms with Gasteiger partial charge in [-0.15, -0.1) is 0 Å². The van der Waals surface area contributed by atoms with Crippen molar-refractivity contribution < 1.29 is 0 Å². The van der Waals surface area contributed by atoms with E-state index in [0.29, 0.717) is 11.5 Å². The molecule has 1 aromatic carbocycles. The molecule has 0 atom stereocenters. The number of hydrogen-bond donors (Lipinski definition) is 1. The van der Waals surface area contributed by atoms with Gasteiger partial charge in [-0.05, 0) is 12.0 Å². The van der Waals surface area contributed by atoms with Gasteiger partial charge in [-0.2, -0.15) is 0 Å². The molecular formula is C14H17N3OS. The lowest BCUT2D eigenvalue weighted by atomic mass is 10.1. The first-order chi connectivity index (χ1) is 9.13. The first-order valence-corrected chi connectivity index (χ1v) is 6.67. The number of nitrogens with two attached hydrogens (primary N) is 1. The predicted molar refractivity (Wildman–Crippen MR) is 80.4 cm³/mol. The van der Waals surface area contributed by atoms with E-state index in [9.17, 15) is 4.79 Å². The van der Waals surface area contributed by atoms with Gasteiger partial charge in [-0.1, -0.05) is 43.4 Å². The van der Waals surface area contributed by atoms with Gasteiger partial charge in [0.1, 0.15) is 4.99 Å². The van der Waals surface area contributed by atoms with Gasteiger partial charge < -0.3 is 5.73 Å². The summed E-state index contributed by atoms with van der Waals surface area (Å²) in [5.41, 5.74) is 7.49. The Hall–Kier alpha value is -1.88. The van der Waals surface area contributed by atoms with Crippen LogP contribution in [0.2, 0.25) is 0 Å². The number of aryl methyl sites for hydroxylation is 1. The number of nitrogens with zero attached hydrogens (tertiary/aromatic N) is 2. The standard InChI is InChI=1S/C14H17N3OS/c1-2-7-16-8-9-17(14(16)18)10-11-5-3-4-6-12(11)13(15)19/h3-6,8-9H,2,7,10H2,1H3,(H2,15,19). The molecule has 1 heterocycles. The third kappa shape index (κ3) is 2.93. The Morgan fingerprint density at radius 2 is 1.95 bits per heavy atom. The minimum atomic E-state index is -0.000377. The molecule has 4 nitrogen and oxygen atoms in total. The van der Waals surface area contributed by atoms with Crippen molar-refractivity contribution >= 4 is 17.2 Å². The lowest BCUT2D eigenvalue weighted by Gasteiger charge is -2.08. The topological polar surface area (TPSA) is 52.9 Å². The molecule has 0 amide bonds. The van der Waals surface area contributed by atoms with Crippen molar-refractivity contribution in [2.75, 3.05) is 0 Å². The van der Waals surface area contributed by atoms with E-state index >= 15 is 0 Å². The molecule has 2 aromatic rings. The fourth-order valence-electron chi connectivity index (χ4n) is 2.07. The zero-order valence-electron chi connectivity index (χ0n) is 10.9. The Morgan fingerprint density at radius 3 is 2.63 bits per heavy atom.